The second-order valence-corrected chi connectivity index (χ2v) is 8.90. The van der Waals surface area contributed by atoms with Crippen LogP contribution < -0.4 is 4.90 Å². The number of anilines is 1. The summed E-state index contributed by atoms with van der Waals surface area (Å²) in [6.45, 7) is 0.320. The van der Waals surface area contributed by atoms with Gasteiger partial charge in [-0.3, -0.25) is 9.59 Å². The molecule has 1 amide bonds. The molecular weight excluding hydrogens is 410 g/mol. The fourth-order valence-corrected chi connectivity index (χ4v) is 4.96. The van der Waals surface area contributed by atoms with Gasteiger partial charge in [-0.05, 0) is 54.5 Å². The third kappa shape index (κ3) is 4.03. The molecule has 0 saturated carbocycles. The van der Waals surface area contributed by atoms with E-state index in [2.05, 4.69) is 0 Å². The summed E-state index contributed by atoms with van der Waals surface area (Å²) in [5.74, 6) is -0.663. The number of Topliss-reactive ketones (excluding diaryl/α,β-unsaturated/α-hetero) is 1. The molecule has 3 aromatic carbocycles. The molecule has 0 radical (unpaired) electrons. The summed E-state index contributed by atoms with van der Waals surface area (Å²) >= 11 is 0. The fraction of sp³-hybridized carbons (Fsp3) is 0.241. The van der Waals surface area contributed by atoms with Crippen LogP contribution >= 0.6 is 0 Å². The number of fused-ring (bicyclic) bond motifs is 2. The maximum atomic E-state index is 13.4. The summed E-state index contributed by atoms with van der Waals surface area (Å²) < 4.78 is 0. The minimum absolute atomic E-state index is 0.212. The van der Waals surface area contributed by atoms with Crippen molar-refractivity contribution in [3.63, 3.8) is 0 Å². The number of benzene rings is 3. The lowest BCUT2D eigenvalue weighted by atomic mass is 9.85. The third-order valence-corrected chi connectivity index (χ3v) is 6.72. The lowest BCUT2D eigenvalue weighted by Crippen LogP contribution is -2.42. The van der Waals surface area contributed by atoms with E-state index >= 15 is 0 Å². The molecule has 0 saturated heterocycles. The summed E-state index contributed by atoms with van der Waals surface area (Å²) in [5, 5.41) is 11.5. The Balaban J connectivity index is 1.39. The average Bonchev–Trinajstić information content (AvgIpc) is 3.06. The first kappa shape index (κ1) is 21.4. The highest BCUT2D eigenvalue weighted by Gasteiger charge is 2.50. The van der Waals surface area contributed by atoms with Crippen molar-refractivity contribution in [3.8, 4) is 0 Å². The lowest BCUT2D eigenvalue weighted by Gasteiger charge is -2.23. The molecule has 1 heterocycles. The highest BCUT2D eigenvalue weighted by Crippen LogP contribution is 2.43. The van der Waals surface area contributed by atoms with Crippen molar-refractivity contribution < 1.29 is 14.7 Å². The van der Waals surface area contributed by atoms with E-state index in [-0.39, 0.29) is 12.2 Å². The van der Waals surface area contributed by atoms with E-state index in [4.69, 9.17) is 0 Å². The molecule has 3 aromatic rings. The van der Waals surface area contributed by atoms with Crippen molar-refractivity contribution in [1.82, 2.24) is 0 Å². The molecule has 1 N–H and O–H groups in total. The predicted octanol–water partition coefficient (Wildman–Crippen LogP) is 5.09. The van der Waals surface area contributed by atoms with Crippen LogP contribution in [0.4, 0.5) is 5.69 Å². The Labute approximate surface area is 194 Å². The number of carbonyl (C=O) groups is 2. The molecule has 0 bridgehead atoms. The lowest BCUT2D eigenvalue weighted by molar-refractivity contribution is -0.135. The van der Waals surface area contributed by atoms with Gasteiger partial charge in [0.15, 0.2) is 11.4 Å². The molecule has 4 nitrogen and oxygen atoms in total. The van der Waals surface area contributed by atoms with Gasteiger partial charge in [-0.2, -0.15) is 0 Å². The predicted molar refractivity (Wildman–Crippen MR) is 130 cm³/mol. The molecule has 166 valence electrons. The van der Waals surface area contributed by atoms with Gasteiger partial charge in [-0.1, -0.05) is 72.8 Å². The number of aryl methyl sites for hydroxylation is 2. The van der Waals surface area contributed by atoms with E-state index in [1.54, 1.807) is 17.0 Å². The first-order chi connectivity index (χ1) is 16.1. The molecule has 0 fully saturated rings. The van der Waals surface area contributed by atoms with E-state index in [1.165, 1.54) is 17.5 Å². The first-order valence-electron chi connectivity index (χ1n) is 11.6. The summed E-state index contributed by atoms with van der Waals surface area (Å²) in [6, 6.07) is 22.9. The minimum atomic E-state index is -1.86. The van der Waals surface area contributed by atoms with Crippen LogP contribution in [0.1, 0.15) is 51.9 Å². The molecule has 4 heteroatoms. The molecule has 0 unspecified atom stereocenters. The van der Waals surface area contributed by atoms with Crippen LogP contribution in [0.3, 0.4) is 0 Å². The van der Waals surface area contributed by atoms with Gasteiger partial charge in [-0.15, -0.1) is 0 Å². The van der Waals surface area contributed by atoms with Crippen molar-refractivity contribution in [1.29, 1.82) is 0 Å². The summed E-state index contributed by atoms with van der Waals surface area (Å²) in [4.78, 5) is 28.2. The zero-order chi connectivity index (χ0) is 22.8. The quantitative estimate of drug-likeness (QED) is 0.547. The van der Waals surface area contributed by atoms with E-state index in [1.807, 2.05) is 72.8 Å². The Morgan fingerprint density at radius 1 is 0.939 bits per heavy atom. The largest absolute Gasteiger partial charge is 0.375 e. The van der Waals surface area contributed by atoms with E-state index in [0.717, 1.165) is 24.8 Å². The SMILES string of the molecule is O=C(C[C@@]1(O)C(=O)N(CC=Cc2ccccc2)c2ccccc21)c1ccc2c(c1)CCCC2. The van der Waals surface area contributed by atoms with Crippen LogP contribution in [0.25, 0.3) is 6.08 Å². The minimum Gasteiger partial charge on any atom is -0.375 e. The van der Waals surface area contributed by atoms with Crippen molar-refractivity contribution in [3.05, 3.63) is 107 Å². The van der Waals surface area contributed by atoms with Gasteiger partial charge >= 0.3 is 0 Å². The Morgan fingerprint density at radius 2 is 1.67 bits per heavy atom. The molecule has 5 rings (SSSR count). The van der Waals surface area contributed by atoms with Crippen molar-refractivity contribution in [2.24, 2.45) is 0 Å². The van der Waals surface area contributed by atoms with Gasteiger partial charge < -0.3 is 10.0 Å². The highest BCUT2D eigenvalue weighted by atomic mass is 16.3. The molecule has 0 aromatic heterocycles. The summed E-state index contributed by atoms with van der Waals surface area (Å²) in [7, 11) is 0. The first-order valence-corrected chi connectivity index (χ1v) is 11.6. The van der Waals surface area contributed by atoms with Gasteiger partial charge in [0, 0.05) is 17.7 Å². The summed E-state index contributed by atoms with van der Waals surface area (Å²) in [5.41, 5.74) is 3.41. The normalized spacial score (nSPS) is 19.5. The number of amides is 1. The van der Waals surface area contributed by atoms with E-state index in [9.17, 15) is 14.7 Å². The van der Waals surface area contributed by atoms with Crippen molar-refractivity contribution in [2.45, 2.75) is 37.7 Å². The Hall–Kier alpha value is -3.50. The number of para-hydroxylation sites is 1. The highest BCUT2D eigenvalue weighted by molar-refractivity contribution is 6.11. The van der Waals surface area contributed by atoms with Crippen LogP contribution in [0.15, 0.2) is 78.9 Å². The molecule has 0 spiro atoms. The van der Waals surface area contributed by atoms with E-state index < -0.39 is 11.5 Å². The second kappa shape index (κ2) is 8.80. The zero-order valence-electron chi connectivity index (χ0n) is 18.5. The van der Waals surface area contributed by atoms with Crippen LogP contribution in [0, 0.1) is 0 Å². The smallest absolute Gasteiger partial charge is 0.264 e. The number of ketones is 1. The molecule has 1 atom stereocenters. The average molecular weight is 438 g/mol. The van der Waals surface area contributed by atoms with Crippen LogP contribution in [-0.4, -0.2) is 23.3 Å². The number of carbonyl (C=O) groups excluding carboxylic acids is 2. The molecule has 1 aliphatic carbocycles. The van der Waals surface area contributed by atoms with Crippen molar-refractivity contribution >= 4 is 23.5 Å². The Morgan fingerprint density at radius 3 is 2.48 bits per heavy atom. The van der Waals surface area contributed by atoms with Crippen LogP contribution in [0.2, 0.25) is 0 Å². The van der Waals surface area contributed by atoms with Gasteiger partial charge in [-0.25, -0.2) is 0 Å². The second-order valence-electron chi connectivity index (χ2n) is 8.90. The van der Waals surface area contributed by atoms with Crippen LogP contribution in [-0.2, 0) is 23.2 Å². The van der Waals surface area contributed by atoms with Crippen LogP contribution in [0.5, 0.6) is 0 Å². The maximum absolute atomic E-state index is 13.4. The van der Waals surface area contributed by atoms with E-state index in [0.29, 0.717) is 23.4 Å². The topological polar surface area (TPSA) is 57.6 Å². The molecule has 1 aliphatic heterocycles. The van der Waals surface area contributed by atoms with Gasteiger partial charge in [0.1, 0.15) is 0 Å². The number of nitrogens with zero attached hydrogens (tertiary/aromatic N) is 1. The van der Waals surface area contributed by atoms with Gasteiger partial charge in [0.05, 0.1) is 12.1 Å². The number of aliphatic hydroxyl groups is 1. The third-order valence-electron chi connectivity index (χ3n) is 6.72. The molecular formula is C29H27NO3. The standard InChI is InChI=1S/C29H27NO3/c31-27(24-17-16-22-12-4-5-13-23(22)19-24)20-29(33)25-14-6-7-15-26(25)30(28(29)32)18-8-11-21-9-2-1-3-10-21/h1-3,6-11,14-17,19,33H,4-5,12-13,18,20H2/t29-/m0/s1. The number of rotatable bonds is 6. The number of hydrogen-bond acceptors (Lipinski definition) is 3. The van der Waals surface area contributed by atoms with Gasteiger partial charge in [0.25, 0.3) is 5.91 Å². The fourth-order valence-electron chi connectivity index (χ4n) is 4.96. The zero-order valence-corrected chi connectivity index (χ0v) is 18.5. The van der Waals surface area contributed by atoms with Crippen molar-refractivity contribution in [2.75, 3.05) is 11.4 Å². The number of hydrogen-bond donors (Lipinski definition) is 1. The maximum Gasteiger partial charge on any atom is 0.264 e. The Kier molecular flexibility index (Phi) is 5.69. The Bertz CT molecular complexity index is 1230. The monoisotopic (exact) mass is 437 g/mol. The molecule has 2 aliphatic rings. The molecule has 33 heavy (non-hydrogen) atoms. The summed E-state index contributed by atoms with van der Waals surface area (Å²) in [6.07, 6.45) is 7.92. The van der Waals surface area contributed by atoms with Gasteiger partial charge in [0.2, 0.25) is 0 Å².